The molecule has 1 aliphatic carbocycles. The largest absolute Gasteiger partial charge is 0.462 e. The van der Waals surface area contributed by atoms with Crippen LogP contribution in [0.3, 0.4) is 0 Å². The number of carbonyl (C=O) groups excluding carboxylic acids is 2. The van der Waals surface area contributed by atoms with Gasteiger partial charge in [0.2, 0.25) is 5.91 Å². The van der Waals surface area contributed by atoms with Gasteiger partial charge in [-0.05, 0) is 18.9 Å². The van der Waals surface area contributed by atoms with E-state index in [-0.39, 0.29) is 25.0 Å². The van der Waals surface area contributed by atoms with E-state index >= 15 is 0 Å². The third-order valence-corrected chi connectivity index (χ3v) is 4.31. The maximum Gasteiger partial charge on any atom is 0.408 e. The summed E-state index contributed by atoms with van der Waals surface area (Å²) in [7, 11) is 0. The van der Waals surface area contributed by atoms with Gasteiger partial charge in [-0.2, -0.15) is 18.3 Å². The second-order valence-electron chi connectivity index (χ2n) is 5.90. The molecule has 0 bridgehead atoms. The highest BCUT2D eigenvalue weighted by Crippen LogP contribution is 2.35. The quantitative estimate of drug-likeness (QED) is 0.674. The zero-order chi connectivity index (χ0) is 16.6. The summed E-state index contributed by atoms with van der Waals surface area (Å²) in [6.07, 6.45) is -0.614. The Morgan fingerprint density at radius 3 is 2.65 bits per heavy atom. The van der Waals surface area contributed by atoms with Crippen molar-refractivity contribution in [2.75, 3.05) is 0 Å². The van der Waals surface area contributed by atoms with E-state index in [4.69, 9.17) is 4.74 Å². The molecule has 2 fully saturated rings. The van der Waals surface area contributed by atoms with Gasteiger partial charge in [0.1, 0.15) is 18.1 Å². The fourth-order valence-corrected chi connectivity index (χ4v) is 2.87. The highest BCUT2D eigenvalue weighted by molar-refractivity contribution is 5.98. The minimum Gasteiger partial charge on any atom is -0.462 e. The Hall–Kier alpha value is -2.06. The summed E-state index contributed by atoms with van der Waals surface area (Å²) >= 11 is 0. The van der Waals surface area contributed by atoms with Crippen molar-refractivity contribution < 1.29 is 27.5 Å². The molecule has 1 saturated heterocycles. The number of nitrogens with one attached hydrogen (secondary N) is 1. The summed E-state index contributed by atoms with van der Waals surface area (Å²) in [5.74, 6) is -2.81. The van der Waals surface area contributed by atoms with Crippen molar-refractivity contribution in [3.63, 3.8) is 0 Å². The first-order chi connectivity index (χ1) is 10.8. The standard InChI is InChI=1S/C14H16F3N3O3/c15-14(16,17)11-3-2-10(12(21)19-11)13(22)23-9-6-8(7-9)20-5-1-4-18-20/h1,4-5,8-11H,2-3,6-7H2,(H,19,21). The van der Waals surface area contributed by atoms with Gasteiger partial charge in [-0.1, -0.05) is 0 Å². The van der Waals surface area contributed by atoms with Crippen molar-refractivity contribution in [3.05, 3.63) is 18.5 Å². The lowest BCUT2D eigenvalue weighted by Gasteiger charge is -2.36. The third-order valence-electron chi connectivity index (χ3n) is 4.31. The average molecular weight is 331 g/mol. The first kappa shape index (κ1) is 15.8. The van der Waals surface area contributed by atoms with Crippen LogP contribution in [-0.4, -0.2) is 40.0 Å². The fourth-order valence-electron chi connectivity index (χ4n) is 2.87. The molecule has 1 aliphatic heterocycles. The summed E-state index contributed by atoms with van der Waals surface area (Å²) in [5.41, 5.74) is 0. The molecular formula is C14H16F3N3O3. The lowest BCUT2D eigenvalue weighted by molar-refractivity contribution is -0.178. The van der Waals surface area contributed by atoms with Crippen molar-refractivity contribution >= 4 is 11.9 Å². The van der Waals surface area contributed by atoms with Gasteiger partial charge in [0.25, 0.3) is 0 Å². The minimum atomic E-state index is -4.49. The predicted molar refractivity (Wildman–Crippen MR) is 71.1 cm³/mol. The van der Waals surface area contributed by atoms with Crippen LogP contribution in [0.25, 0.3) is 0 Å². The van der Waals surface area contributed by atoms with E-state index in [1.165, 1.54) is 0 Å². The number of ether oxygens (including phenoxy) is 1. The molecule has 2 unspecified atom stereocenters. The number of esters is 1. The van der Waals surface area contributed by atoms with E-state index in [1.807, 2.05) is 11.5 Å². The molecule has 0 aromatic carbocycles. The van der Waals surface area contributed by atoms with Gasteiger partial charge in [0.15, 0.2) is 0 Å². The number of halogens is 3. The van der Waals surface area contributed by atoms with Crippen LogP contribution < -0.4 is 5.32 Å². The highest BCUT2D eigenvalue weighted by atomic mass is 19.4. The SMILES string of the molecule is O=C1NC(C(F)(F)F)CCC1C(=O)OC1CC(n2cccn2)C1. The highest BCUT2D eigenvalue weighted by Gasteiger charge is 2.47. The molecule has 23 heavy (non-hydrogen) atoms. The summed E-state index contributed by atoms with van der Waals surface area (Å²) in [6, 6.07) is 0.0625. The summed E-state index contributed by atoms with van der Waals surface area (Å²) in [5, 5.41) is 5.94. The molecule has 2 heterocycles. The molecule has 0 radical (unpaired) electrons. The van der Waals surface area contributed by atoms with Crippen LogP contribution in [0.1, 0.15) is 31.7 Å². The number of nitrogens with zero attached hydrogens (tertiary/aromatic N) is 2. The number of alkyl halides is 3. The number of amides is 1. The first-order valence-electron chi connectivity index (χ1n) is 7.41. The van der Waals surface area contributed by atoms with Crippen molar-refractivity contribution in [2.24, 2.45) is 5.92 Å². The van der Waals surface area contributed by atoms with Gasteiger partial charge >= 0.3 is 12.1 Å². The molecule has 2 atom stereocenters. The van der Waals surface area contributed by atoms with E-state index in [2.05, 4.69) is 5.10 Å². The molecule has 3 rings (SSSR count). The van der Waals surface area contributed by atoms with Crippen molar-refractivity contribution in [1.82, 2.24) is 15.1 Å². The number of piperidine rings is 1. The Morgan fingerprint density at radius 1 is 1.35 bits per heavy atom. The van der Waals surface area contributed by atoms with Gasteiger partial charge in [0, 0.05) is 25.2 Å². The molecule has 1 saturated carbocycles. The van der Waals surface area contributed by atoms with Crippen LogP contribution in [0.5, 0.6) is 0 Å². The van der Waals surface area contributed by atoms with Crippen LogP contribution in [-0.2, 0) is 14.3 Å². The minimum absolute atomic E-state index is 0.149. The van der Waals surface area contributed by atoms with Crippen molar-refractivity contribution in [3.8, 4) is 0 Å². The van der Waals surface area contributed by atoms with E-state index in [0.29, 0.717) is 12.8 Å². The second kappa shape index (κ2) is 5.86. The van der Waals surface area contributed by atoms with E-state index in [1.54, 1.807) is 16.9 Å². The fraction of sp³-hybridized carbons (Fsp3) is 0.643. The van der Waals surface area contributed by atoms with Gasteiger partial charge in [0.05, 0.1) is 6.04 Å². The maximum absolute atomic E-state index is 12.6. The number of rotatable bonds is 3. The van der Waals surface area contributed by atoms with Crippen LogP contribution in [0.2, 0.25) is 0 Å². The Kier molecular flexibility index (Phi) is 4.03. The van der Waals surface area contributed by atoms with E-state index < -0.39 is 30.0 Å². The molecule has 9 heteroatoms. The van der Waals surface area contributed by atoms with Gasteiger partial charge in [-0.25, -0.2) is 0 Å². The molecule has 1 aromatic heterocycles. The topological polar surface area (TPSA) is 73.2 Å². The molecule has 126 valence electrons. The Morgan fingerprint density at radius 2 is 2.09 bits per heavy atom. The van der Waals surface area contributed by atoms with Crippen molar-refractivity contribution in [2.45, 2.75) is 50.0 Å². The summed E-state index contributed by atoms with van der Waals surface area (Å²) in [6.45, 7) is 0. The Bertz CT molecular complexity index is 582. The van der Waals surface area contributed by atoms with Gasteiger partial charge < -0.3 is 10.1 Å². The first-order valence-corrected chi connectivity index (χ1v) is 7.41. The number of hydrogen-bond acceptors (Lipinski definition) is 4. The molecule has 2 aliphatic rings. The van der Waals surface area contributed by atoms with Gasteiger partial charge in [-0.3, -0.25) is 14.3 Å². The van der Waals surface area contributed by atoms with Crippen LogP contribution in [0, 0.1) is 5.92 Å². The van der Waals surface area contributed by atoms with E-state index in [9.17, 15) is 22.8 Å². The number of aromatic nitrogens is 2. The van der Waals surface area contributed by atoms with E-state index in [0.717, 1.165) is 0 Å². The third kappa shape index (κ3) is 3.32. The molecule has 0 spiro atoms. The number of hydrogen-bond donors (Lipinski definition) is 1. The molecule has 1 aromatic rings. The summed E-state index contributed by atoms with van der Waals surface area (Å²) in [4.78, 5) is 23.7. The van der Waals surface area contributed by atoms with Crippen LogP contribution in [0.15, 0.2) is 18.5 Å². The smallest absolute Gasteiger partial charge is 0.408 e. The number of carbonyl (C=O) groups is 2. The lowest BCUT2D eigenvalue weighted by Crippen LogP contribution is -2.53. The molecular weight excluding hydrogens is 315 g/mol. The van der Waals surface area contributed by atoms with Crippen LogP contribution >= 0.6 is 0 Å². The average Bonchev–Trinajstić information content (AvgIpc) is 2.94. The molecule has 6 nitrogen and oxygen atoms in total. The maximum atomic E-state index is 12.6. The lowest BCUT2D eigenvalue weighted by atomic mass is 9.88. The van der Waals surface area contributed by atoms with Crippen molar-refractivity contribution in [1.29, 1.82) is 0 Å². The van der Waals surface area contributed by atoms with Crippen LogP contribution in [0.4, 0.5) is 13.2 Å². The Balaban J connectivity index is 1.47. The second-order valence-corrected chi connectivity index (χ2v) is 5.90. The zero-order valence-corrected chi connectivity index (χ0v) is 12.1. The Labute approximate surface area is 130 Å². The molecule has 1 N–H and O–H groups in total. The van der Waals surface area contributed by atoms with Gasteiger partial charge in [-0.15, -0.1) is 0 Å². The molecule has 1 amide bonds. The zero-order valence-electron chi connectivity index (χ0n) is 12.1. The predicted octanol–water partition coefficient (Wildman–Crippen LogP) is 1.59. The normalized spacial score (nSPS) is 31.2. The summed E-state index contributed by atoms with van der Waals surface area (Å²) < 4.78 is 44.7. The monoisotopic (exact) mass is 331 g/mol.